The van der Waals surface area contributed by atoms with E-state index in [-0.39, 0.29) is 30.6 Å². The van der Waals surface area contributed by atoms with Crippen LogP contribution in [0.1, 0.15) is 43.9 Å². The summed E-state index contributed by atoms with van der Waals surface area (Å²) in [6, 6.07) is 7.35. The van der Waals surface area contributed by atoms with E-state index in [0.717, 1.165) is 12.1 Å². The van der Waals surface area contributed by atoms with E-state index in [0.29, 0.717) is 30.8 Å². The van der Waals surface area contributed by atoms with Crippen molar-refractivity contribution >= 4 is 11.6 Å². The number of hydrogen-bond acceptors (Lipinski definition) is 4. The van der Waals surface area contributed by atoms with Crippen LogP contribution in [-0.2, 0) is 4.79 Å². The zero-order valence-electron chi connectivity index (χ0n) is 13.0. The molecule has 1 atom stereocenters. The smallest absolute Gasteiger partial charge is 0.248 e. The monoisotopic (exact) mass is 333 g/mol. The van der Waals surface area contributed by atoms with Crippen molar-refractivity contribution < 1.29 is 18.1 Å². The Morgan fingerprint density at radius 1 is 1.33 bits per heavy atom. The minimum Gasteiger partial charge on any atom is -0.339 e. The lowest BCUT2D eigenvalue weighted by Gasteiger charge is -2.15. The number of carbonyl (C=O) groups excluding carboxylic acids is 1. The summed E-state index contributed by atoms with van der Waals surface area (Å²) in [4.78, 5) is 17.9. The molecule has 2 heterocycles. The number of aromatic nitrogens is 2. The molecule has 126 valence electrons. The van der Waals surface area contributed by atoms with Crippen molar-refractivity contribution in [3.63, 3.8) is 0 Å². The maximum absolute atomic E-state index is 13.3. The summed E-state index contributed by atoms with van der Waals surface area (Å²) in [5.41, 5.74) is 1.51. The maximum atomic E-state index is 13.3. The van der Waals surface area contributed by atoms with Crippen LogP contribution in [0.5, 0.6) is 0 Å². The molecule has 24 heavy (non-hydrogen) atoms. The number of anilines is 1. The third kappa shape index (κ3) is 2.79. The molecular formula is C17H17F2N3O2. The predicted octanol–water partition coefficient (Wildman–Crippen LogP) is 3.77. The molecule has 2 aromatic rings. The topological polar surface area (TPSA) is 59.2 Å². The summed E-state index contributed by atoms with van der Waals surface area (Å²) < 4.78 is 31.9. The minimum atomic E-state index is -2.64. The van der Waals surface area contributed by atoms with Gasteiger partial charge in [0.2, 0.25) is 23.5 Å². The Hall–Kier alpha value is -2.31. The van der Waals surface area contributed by atoms with Gasteiger partial charge in [-0.1, -0.05) is 17.3 Å². The largest absolute Gasteiger partial charge is 0.339 e. The summed E-state index contributed by atoms with van der Waals surface area (Å²) in [6.07, 6.45) is 1.40. The molecule has 1 saturated heterocycles. The van der Waals surface area contributed by atoms with Crippen molar-refractivity contribution in [2.75, 3.05) is 11.4 Å². The number of amides is 1. The van der Waals surface area contributed by atoms with Gasteiger partial charge in [-0.05, 0) is 25.0 Å². The number of alkyl halides is 2. The van der Waals surface area contributed by atoms with Gasteiger partial charge in [0, 0.05) is 43.0 Å². The van der Waals surface area contributed by atoms with Crippen molar-refractivity contribution in [2.45, 2.75) is 43.9 Å². The van der Waals surface area contributed by atoms with Crippen LogP contribution in [0.2, 0.25) is 0 Å². The van der Waals surface area contributed by atoms with Gasteiger partial charge in [0.05, 0.1) is 0 Å². The van der Waals surface area contributed by atoms with Crippen molar-refractivity contribution in [1.82, 2.24) is 10.1 Å². The Kier molecular flexibility index (Phi) is 3.58. The fourth-order valence-corrected chi connectivity index (χ4v) is 3.41. The van der Waals surface area contributed by atoms with E-state index in [1.807, 2.05) is 24.3 Å². The summed E-state index contributed by atoms with van der Waals surface area (Å²) in [5.74, 6) is -2.28. The maximum Gasteiger partial charge on any atom is 0.248 e. The molecule has 5 nitrogen and oxygen atoms in total. The number of carbonyl (C=O) groups is 1. The van der Waals surface area contributed by atoms with Crippen LogP contribution in [0.3, 0.4) is 0 Å². The highest BCUT2D eigenvalue weighted by Gasteiger charge is 2.42. The summed E-state index contributed by atoms with van der Waals surface area (Å²) in [7, 11) is 0. The van der Waals surface area contributed by atoms with Crippen LogP contribution in [0.4, 0.5) is 14.5 Å². The second-order valence-electron chi connectivity index (χ2n) is 6.45. The highest BCUT2D eigenvalue weighted by Crippen LogP contribution is 2.43. The second kappa shape index (κ2) is 5.65. The van der Waals surface area contributed by atoms with E-state index in [1.165, 1.54) is 0 Å². The van der Waals surface area contributed by atoms with E-state index < -0.39 is 5.92 Å². The van der Waals surface area contributed by atoms with Crippen LogP contribution >= 0.6 is 0 Å². The summed E-state index contributed by atoms with van der Waals surface area (Å²) in [6.45, 7) is 0.705. The molecule has 7 heteroatoms. The number of hydrogen-bond donors (Lipinski definition) is 0. The summed E-state index contributed by atoms with van der Waals surface area (Å²) in [5, 5.41) is 3.93. The Balaban J connectivity index is 1.58. The quantitative estimate of drug-likeness (QED) is 0.858. The van der Waals surface area contributed by atoms with Gasteiger partial charge in [0.15, 0.2) is 0 Å². The van der Waals surface area contributed by atoms with Gasteiger partial charge >= 0.3 is 0 Å². The standard InChI is InChI=1S/C17H17F2N3O2/c18-17(19)7-6-12(10-17)16-20-15(21-24-16)11-3-1-4-13(9-11)22-8-2-5-14(22)23/h1,3-4,9,12H,2,5-8,10H2. The van der Waals surface area contributed by atoms with Crippen molar-refractivity contribution in [3.05, 3.63) is 30.2 Å². The molecule has 1 amide bonds. The van der Waals surface area contributed by atoms with Crippen LogP contribution in [-0.4, -0.2) is 28.5 Å². The number of nitrogens with zero attached hydrogens (tertiary/aromatic N) is 3. The first-order valence-corrected chi connectivity index (χ1v) is 8.14. The van der Waals surface area contributed by atoms with Gasteiger partial charge in [-0.2, -0.15) is 4.98 Å². The average Bonchev–Trinajstić information content (AvgIpc) is 3.27. The third-order valence-corrected chi connectivity index (χ3v) is 4.68. The Bertz CT molecular complexity index is 775. The van der Waals surface area contributed by atoms with Crippen LogP contribution in [0.15, 0.2) is 28.8 Å². The predicted molar refractivity (Wildman–Crippen MR) is 82.9 cm³/mol. The molecule has 1 aliphatic carbocycles. The van der Waals surface area contributed by atoms with E-state index >= 15 is 0 Å². The molecule has 4 rings (SSSR count). The molecule has 0 radical (unpaired) electrons. The number of halogens is 2. The van der Waals surface area contributed by atoms with E-state index in [4.69, 9.17) is 4.52 Å². The van der Waals surface area contributed by atoms with E-state index in [1.54, 1.807) is 4.90 Å². The second-order valence-corrected chi connectivity index (χ2v) is 6.45. The van der Waals surface area contributed by atoms with E-state index in [9.17, 15) is 13.6 Å². The molecule has 2 fully saturated rings. The molecule has 0 spiro atoms. The van der Waals surface area contributed by atoms with Crippen LogP contribution < -0.4 is 4.90 Å². The highest BCUT2D eigenvalue weighted by atomic mass is 19.3. The molecule has 0 bridgehead atoms. The first kappa shape index (κ1) is 15.2. The summed E-state index contributed by atoms with van der Waals surface area (Å²) >= 11 is 0. The van der Waals surface area contributed by atoms with Gasteiger partial charge in [-0.15, -0.1) is 0 Å². The first-order valence-electron chi connectivity index (χ1n) is 8.14. The molecule has 1 aromatic heterocycles. The van der Waals surface area contributed by atoms with E-state index in [2.05, 4.69) is 10.1 Å². The molecule has 1 saturated carbocycles. The zero-order valence-corrected chi connectivity index (χ0v) is 13.0. The van der Waals surface area contributed by atoms with Gasteiger partial charge in [0.25, 0.3) is 0 Å². The SMILES string of the molecule is O=C1CCCN1c1cccc(-c2noc(C3CCC(F)(F)C3)n2)c1. The molecule has 1 aliphatic heterocycles. The zero-order chi connectivity index (χ0) is 16.7. The van der Waals surface area contributed by atoms with Gasteiger partial charge in [0.1, 0.15) is 0 Å². The molecular weight excluding hydrogens is 316 g/mol. The van der Waals surface area contributed by atoms with Gasteiger partial charge < -0.3 is 9.42 Å². The Morgan fingerprint density at radius 2 is 2.21 bits per heavy atom. The first-order chi connectivity index (χ1) is 11.5. The van der Waals surface area contributed by atoms with Crippen LogP contribution in [0.25, 0.3) is 11.4 Å². The lowest BCUT2D eigenvalue weighted by Crippen LogP contribution is -2.23. The van der Waals surface area contributed by atoms with Crippen molar-refractivity contribution in [2.24, 2.45) is 0 Å². The highest BCUT2D eigenvalue weighted by molar-refractivity contribution is 5.95. The number of rotatable bonds is 3. The molecule has 1 unspecified atom stereocenters. The minimum absolute atomic E-state index is 0.106. The molecule has 0 N–H and O–H groups in total. The molecule has 2 aliphatic rings. The fraction of sp³-hybridized carbons (Fsp3) is 0.471. The number of benzene rings is 1. The molecule has 1 aromatic carbocycles. The Labute approximate surface area is 137 Å². The van der Waals surface area contributed by atoms with Gasteiger partial charge in [-0.3, -0.25) is 4.79 Å². The van der Waals surface area contributed by atoms with Crippen molar-refractivity contribution in [1.29, 1.82) is 0 Å². The van der Waals surface area contributed by atoms with Gasteiger partial charge in [-0.25, -0.2) is 8.78 Å². The third-order valence-electron chi connectivity index (χ3n) is 4.68. The Morgan fingerprint density at radius 3 is 2.92 bits per heavy atom. The van der Waals surface area contributed by atoms with Crippen LogP contribution in [0, 0.1) is 0 Å². The lowest BCUT2D eigenvalue weighted by molar-refractivity contribution is -0.117. The average molecular weight is 333 g/mol. The normalized spacial score (nSPS) is 23.2. The van der Waals surface area contributed by atoms with Crippen molar-refractivity contribution in [3.8, 4) is 11.4 Å². The fourth-order valence-electron chi connectivity index (χ4n) is 3.41. The lowest BCUT2D eigenvalue weighted by atomic mass is 10.1.